The molecule has 58 heavy (non-hydrogen) atoms. The number of ether oxygens (including phenoxy) is 8. The van der Waals surface area contributed by atoms with Gasteiger partial charge in [0.1, 0.15) is 0 Å². The lowest BCUT2D eigenvalue weighted by molar-refractivity contribution is -0.430. The molecule has 0 unspecified atom stereocenters. The highest BCUT2D eigenvalue weighted by Crippen LogP contribution is 2.26. The summed E-state index contributed by atoms with van der Waals surface area (Å²) in [5.74, 6) is -8.15. The quantitative estimate of drug-likeness (QED) is 0.0851. The predicted octanol–water partition coefficient (Wildman–Crippen LogP) is 7.27. The van der Waals surface area contributed by atoms with Crippen LogP contribution in [0.5, 0.6) is 0 Å². The molecule has 16 heteroatoms. The van der Waals surface area contributed by atoms with E-state index in [1.54, 1.807) is 55.4 Å². The van der Waals surface area contributed by atoms with Gasteiger partial charge in [-0.1, -0.05) is 48.6 Å². The van der Waals surface area contributed by atoms with Gasteiger partial charge in [0.15, 0.2) is 0 Å². The van der Waals surface area contributed by atoms with E-state index >= 15 is 0 Å². The van der Waals surface area contributed by atoms with Crippen LogP contribution in [0.3, 0.4) is 0 Å². The fourth-order valence-electron chi connectivity index (χ4n) is 2.75. The molecule has 0 aromatic carbocycles. The summed E-state index contributed by atoms with van der Waals surface area (Å²) in [7, 11) is 0. The Kier molecular flexibility index (Phi) is 23.9. The molecule has 0 spiro atoms. The van der Waals surface area contributed by atoms with E-state index in [9.17, 15) is 38.4 Å². The van der Waals surface area contributed by atoms with Crippen LogP contribution in [0, 0.1) is 0 Å². The molecule has 0 bridgehead atoms. The summed E-state index contributed by atoms with van der Waals surface area (Å²) in [4.78, 5) is 98.8. The minimum absolute atomic E-state index is 0.103. The largest absolute Gasteiger partial charge is 0.620 e. The summed E-state index contributed by atoms with van der Waals surface area (Å²) in [6.45, 7) is 23.9. The monoisotopic (exact) mass is 816 g/mol. The van der Waals surface area contributed by atoms with Crippen LogP contribution in [0.2, 0.25) is 0 Å². The lowest BCUT2D eigenvalue weighted by atomic mass is 10.3. The molecule has 0 saturated carbocycles. The number of carbonyl (C=O) groups is 8. The van der Waals surface area contributed by atoms with Crippen LogP contribution in [0.1, 0.15) is 111 Å². The Morgan fingerprint density at radius 2 is 0.328 bits per heavy atom. The summed E-state index contributed by atoms with van der Waals surface area (Å²) < 4.78 is 40.5. The maximum atomic E-state index is 12.3. The Bertz CT molecular complexity index is 1430. The van der Waals surface area contributed by atoms with E-state index in [4.69, 9.17) is 37.9 Å². The molecule has 0 aromatic heterocycles. The molecular formula is C42H56O16. The van der Waals surface area contributed by atoms with Gasteiger partial charge in [0.2, 0.25) is 0 Å². The topological polar surface area (TPSA) is 210 Å². The molecule has 0 aromatic rings. The summed E-state index contributed by atoms with van der Waals surface area (Å²) in [6.07, 6.45) is 5.27. The summed E-state index contributed by atoms with van der Waals surface area (Å²) in [5, 5.41) is 0. The molecule has 0 heterocycles. The first-order valence-electron chi connectivity index (χ1n) is 17.8. The Balaban J connectivity index is 0. The second-order valence-electron chi connectivity index (χ2n) is 11.9. The second-order valence-corrected chi connectivity index (χ2v) is 11.9. The van der Waals surface area contributed by atoms with Crippen molar-refractivity contribution in [2.75, 3.05) is 0 Å². The number of rotatable bonds is 16. The fourth-order valence-corrected chi connectivity index (χ4v) is 2.75. The minimum Gasteiger partial charge on any atom is -0.348 e. The van der Waals surface area contributed by atoms with Crippen molar-refractivity contribution in [1.82, 2.24) is 0 Å². The predicted molar refractivity (Wildman–Crippen MR) is 210 cm³/mol. The van der Waals surface area contributed by atoms with Crippen molar-refractivity contribution in [3.8, 4) is 0 Å². The summed E-state index contributed by atoms with van der Waals surface area (Å²) >= 11 is 0. The molecule has 16 nitrogen and oxygen atoms in total. The highest BCUT2D eigenvalue weighted by Gasteiger charge is 2.52. The highest BCUT2D eigenvalue weighted by atomic mass is 17.0. The van der Waals surface area contributed by atoms with E-state index < -0.39 is 60.1 Å². The first kappa shape index (κ1) is 53.8. The molecule has 0 rings (SSSR count). The van der Waals surface area contributed by atoms with Crippen LogP contribution in [-0.2, 0) is 76.3 Å². The van der Waals surface area contributed by atoms with Crippen molar-refractivity contribution in [2.45, 2.75) is 123 Å². The lowest BCUT2D eigenvalue weighted by Crippen LogP contribution is -2.49. The maximum absolute atomic E-state index is 12.3. The average Bonchev–Trinajstić information content (AvgIpc) is 3.20. The zero-order valence-electron chi connectivity index (χ0n) is 36.2. The van der Waals surface area contributed by atoms with Gasteiger partial charge < -0.3 is 37.9 Å². The Morgan fingerprint density at radius 3 is 0.397 bits per heavy atom. The van der Waals surface area contributed by atoms with Crippen molar-refractivity contribution in [1.29, 1.82) is 0 Å². The molecule has 0 atom stereocenters. The molecular weight excluding hydrogens is 760 g/mol. The molecule has 0 fully saturated rings. The van der Waals surface area contributed by atoms with Gasteiger partial charge in [-0.15, -0.1) is 0 Å². The van der Waals surface area contributed by atoms with Crippen LogP contribution in [0.4, 0.5) is 0 Å². The molecule has 0 aliphatic heterocycles. The smallest absolute Gasteiger partial charge is 0.348 e. The molecule has 320 valence electrons. The van der Waals surface area contributed by atoms with Gasteiger partial charge in [0.25, 0.3) is 0 Å². The fraction of sp³-hybridized carbons (Fsp3) is 0.429. The first-order chi connectivity index (χ1) is 26.9. The van der Waals surface area contributed by atoms with Crippen LogP contribution in [-0.4, -0.2) is 60.1 Å². The first-order valence-corrected chi connectivity index (χ1v) is 17.8. The number of allylic oxidation sites excluding steroid dienone is 8. The van der Waals surface area contributed by atoms with Gasteiger partial charge in [-0.05, 0) is 111 Å². The Morgan fingerprint density at radius 1 is 0.241 bits per heavy atom. The van der Waals surface area contributed by atoms with Crippen molar-refractivity contribution in [3.63, 3.8) is 0 Å². The molecule has 0 aliphatic rings. The van der Waals surface area contributed by atoms with E-state index in [0.29, 0.717) is 0 Å². The van der Waals surface area contributed by atoms with E-state index in [1.807, 2.05) is 0 Å². The van der Waals surface area contributed by atoms with Gasteiger partial charge in [-0.3, -0.25) is 0 Å². The number of esters is 8. The van der Waals surface area contributed by atoms with Gasteiger partial charge in [0, 0.05) is 44.6 Å². The average molecular weight is 817 g/mol. The molecule has 0 saturated heterocycles. The number of hydrogen-bond acceptors (Lipinski definition) is 16. The van der Waals surface area contributed by atoms with Crippen molar-refractivity contribution in [2.24, 2.45) is 0 Å². The Labute approximate surface area is 339 Å². The van der Waals surface area contributed by atoms with Gasteiger partial charge in [-0.2, -0.15) is 0 Å². The number of hydrogen-bond donors (Lipinski definition) is 0. The third-order valence-corrected chi connectivity index (χ3v) is 7.78. The third-order valence-electron chi connectivity index (χ3n) is 7.78. The zero-order valence-corrected chi connectivity index (χ0v) is 36.2. The van der Waals surface area contributed by atoms with Gasteiger partial charge in [-0.25, -0.2) is 38.4 Å². The minimum atomic E-state index is -3.05. The SMILES string of the molecule is C/C=C(\C)C(=O)OC(OC(=O)/C(C)=C/C)(OC(=O)/C(C)=C/C)OC(=O)/C(C)=C/C.C/C=C(\C)C(=O)OC(OC(=O)/C(C)=C/C)(OC(=O)/C(C)=C/C)OC(=O)/C(C)=C/C. The zero-order chi connectivity index (χ0) is 45.6. The van der Waals surface area contributed by atoms with Crippen molar-refractivity contribution >= 4 is 47.8 Å². The van der Waals surface area contributed by atoms with Crippen LogP contribution in [0.15, 0.2) is 93.2 Å². The van der Waals surface area contributed by atoms with Crippen molar-refractivity contribution in [3.05, 3.63) is 93.2 Å². The molecule has 0 radical (unpaired) electrons. The van der Waals surface area contributed by atoms with Gasteiger partial charge >= 0.3 is 60.1 Å². The summed E-state index contributed by atoms with van der Waals surface area (Å²) in [5.41, 5.74) is 0.821. The second kappa shape index (κ2) is 25.8. The number of carbonyl (C=O) groups excluding carboxylic acids is 8. The Hall–Kier alpha value is -6.32. The summed E-state index contributed by atoms with van der Waals surface area (Å²) in [6, 6.07) is 0. The van der Waals surface area contributed by atoms with Crippen LogP contribution >= 0.6 is 0 Å². The van der Waals surface area contributed by atoms with E-state index in [0.717, 1.165) is 0 Å². The van der Waals surface area contributed by atoms with E-state index in [2.05, 4.69) is 0 Å². The van der Waals surface area contributed by atoms with Crippen LogP contribution < -0.4 is 0 Å². The molecule has 0 N–H and O–H groups in total. The highest BCUT2D eigenvalue weighted by molar-refractivity contribution is 5.94. The van der Waals surface area contributed by atoms with Crippen LogP contribution in [0.25, 0.3) is 0 Å². The van der Waals surface area contributed by atoms with Gasteiger partial charge in [0.05, 0.1) is 0 Å². The maximum Gasteiger partial charge on any atom is 0.620 e. The van der Waals surface area contributed by atoms with E-state index in [-0.39, 0.29) is 44.6 Å². The normalized spacial score (nSPS) is 13.5. The lowest BCUT2D eigenvalue weighted by Gasteiger charge is -2.29. The standard InChI is InChI=1S/2C21H28O8/c2*1-9-13(5)17(22)26-21(27-18(23)14(6)10-2,28-19(24)15(7)11-3)29-20(25)16(8)12-4/h2*9-12H,1-8H3/b2*13-9+,14-10+,15-11+,16-12+. The molecule has 0 amide bonds. The van der Waals surface area contributed by atoms with Crippen molar-refractivity contribution < 1.29 is 76.3 Å². The molecule has 0 aliphatic carbocycles. The third kappa shape index (κ3) is 17.6. The van der Waals surface area contributed by atoms with E-state index in [1.165, 1.54) is 104 Å².